The number of benzene rings is 1. The van der Waals surface area contributed by atoms with E-state index in [-0.39, 0.29) is 24.2 Å². The first-order valence-electron chi connectivity index (χ1n) is 8.40. The van der Waals surface area contributed by atoms with E-state index >= 15 is 0 Å². The minimum absolute atomic E-state index is 0.111. The van der Waals surface area contributed by atoms with E-state index in [0.717, 1.165) is 11.3 Å². The van der Waals surface area contributed by atoms with Crippen molar-refractivity contribution >= 4 is 17.5 Å². The van der Waals surface area contributed by atoms with Crippen molar-refractivity contribution in [1.82, 2.24) is 14.3 Å². The molecule has 0 fully saturated rings. The number of aromatic nitrogens is 2. The average molecular weight is 351 g/mol. The summed E-state index contributed by atoms with van der Waals surface area (Å²) in [5.74, 6) is -0.878. The van der Waals surface area contributed by atoms with Crippen LogP contribution in [0.5, 0.6) is 0 Å². The Morgan fingerprint density at radius 2 is 1.88 bits per heavy atom. The van der Waals surface area contributed by atoms with E-state index in [1.165, 1.54) is 0 Å². The number of imidazole rings is 1. The molecule has 0 bridgehead atoms. The molecule has 2 heterocycles. The molecule has 0 saturated heterocycles. The first-order valence-corrected chi connectivity index (χ1v) is 8.40. The summed E-state index contributed by atoms with van der Waals surface area (Å²) < 4.78 is 6.97. The standard InChI is InChI=1S/C20H21N3O3/c1-14-8-7-11-18-21-17(12-23(14)18)20(25)26-13-19(24)22(3)15(2)16-9-5-4-6-10-16/h4-12,15H,13H2,1-3H3/t15-/m1/s1. The Hall–Kier alpha value is -3.15. The predicted molar refractivity (Wildman–Crippen MR) is 97.8 cm³/mol. The number of likely N-dealkylation sites (N-methyl/N-ethyl adjacent to an activating group) is 1. The molecule has 0 aliphatic heterocycles. The Bertz CT molecular complexity index is 934. The zero-order chi connectivity index (χ0) is 18.7. The van der Waals surface area contributed by atoms with Crippen molar-refractivity contribution < 1.29 is 14.3 Å². The molecule has 3 aromatic rings. The topological polar surface area (TPSA) is 63.9 Å². The van der Waals surface area contributed by atoms with E-state index in [2.05, 4.69) is 4.98 Å². The summed E-state index contributed by atoms with van der Waals surface area (Å²) in [6.07, 6.45) is 1.62. The molecule has 1 aromatic carbocycles. The molecular weight excluding hydrogens is 330 g/mol. The van der Waals surface area contributed by atoms with E-state index in [1.807, 2.05) is 66.8 Å². The predicted octanol–water partition coefficient (Wildman–Crippen LogP) is 3.02. The van der Waals surface area contributed by atoms with Crippen molar-refractivity contribution in [3.05, 3.63) is 71.7 Å². The van der Waals surface area contributed by atoms with E-state index in [9.17, 15) is 9.59 Å². The number of fused-ring (bicyclic) bond motifs is 1. The Morgan fingerprint density at radius 3 is 2.58 bits per heavy atom. The van der Waals surface area contributed by atoms with Crippen LogP contribution in [0.15, 0.2) is 54.7 Å². The molecule has 1 atom stereocenters. The largest absolute Gasteiger partial charge is 0.451 e. The SMILES string of the molecule is Cc1cccc2nc(C(=O)OCC(=O)N(C)[C@H](C)c3ccccc3)cn12. The Kier molecular flexibility index (Phi) is 5.02. The second kappa shape index (κ2) is 7.39. The molecule has 2 aromatic heterocycles. The van der Waals surface area contributed by atoms with Crippen LogP contribution in [0.3, 0.4) is 0 Å². The lowest BCUT2D eigenvalue weighted by Gasteiger charge is -2.25. The highest BCUT2D eigenvalue weighted by molar-refractivity contribution is 5.90. The van der Waals surface area contributed by atoms with Gasteiger partial charge in [-0.2, -0.15) is 0 Å². The number of amides is 1. The number of nitrogens with zero attached hydrogens (tertiary/aromatic N) is 3. The van der Waals surface area contributed by atoms with Crippen molar-refractivity contribution in [2.24, 2.45) is 0 Å². The summed E-state index contributed by atoms with van der Waals surface area (Å²) in [5, 5.41) is 0. The van der Waals surface area contributed by atoms with Gasteiger partial charge in [0.25, 0.3) is 5.91 Å². The van der Waals surface area contributed by atoms with Gasteiger partial charge in [-0.3, -0.25) is 4.79 Å². The maximum absolute atomic E-state index is 12.3. The Labute approximate surface area is 152 Å². The van der Waals surface area contributed by atoms with Gasteiger partial charge in [0.15, 0.2) is 12.3 Å². The zero-order valence-electron chi connectivity index (χ0n) is 15.0. The number of aryl methyl sites for hydroxylation is 1. The van der Waals surface area contributed by atoms with Crippen LogP contribution >= 0.6 is 0 Å². The number of hydrogen-bond donors (Lipinski definition) is 0. The van der Waals surface area contributed by atoms with Crippen molar-refractivity contribution in [1.29, 1.82) is 0 Å². The molecule has 26 heavy (non-hydrogen) atoms. The fourth-order valence-corrected chi connectivity index (χ4v) is 2.72. The first-order chi connectivity index (χ1) is 12.5. The molecule has 0 saturated carbocycles. The molecule has 1 amide bonds. The molecule has 0 spiro atoms. The first kappa shape index (κ1) is 17.7. The quantitative estimate of drug-likeness (QED) is 0.663. The fourth-order valence-electron chi connectivity index (χ4n) is 2.72. The molecule has 3 rings (SSSR count). The molecule has 0 aliphatic rings. The molecule has 6 nitrogen and oxygen atoms in total. The Morgan fingerprint density at radius 1 is 1.15 bits per heavy atom. The van der Waals surface area contributed by atoms with Crippen molar-refractivity contribution in [3.63, 3.8) is 0 Å². The summed E-state index contributed by atoms with van der Waals surface area (Å²) in [4.78, 5) is 30.4. The molecule has 0 N–H and O–H groups in total. The second-order valence-corrected chi connectivity index (χ2v) is 6.19. The van der Waals surface area contributed by atoms with Crippen molar-refractivity contribution in [2.45, 2.75) is 19.9 Å². The van der Waals surface area contributed by atoms with Gasteiger partial charge in [0.1, 0.15) is 5.65 Å². The van der Waals surface area contributed by atoms with Crippen molar-refractivity contribution in [2.75, 3.05) is 13.7 Å². The van der Waals surface area contributed by atoms with Gasteiger partial charge in [0.2, 0.25) is 0 Å². The third kappa shape index (κ3) is 3.59. The maximum atomic E-state index is 12.3. The maximum Gasteiger partial charge on any atom is 0.359 e. The lowest BCUT2D eigenvalue weighted by atomic mass is 10.1. The molecule has 134 valence electrons. The smallest absolute Gasteiger partial charge is 0.359 e. The third-order valence-corrected chi connectivity index (χ3v) is 4.49. The van der Waals surface area contributed by atoms with Gasteiger partial charge >= 0.3 is 5.97 Å². The van der Waals surface area contributed by atoms with Crippen LogP contribution in [0, 0.1) is 6.92 Å². The van der Waals surface area contributed by atoms with Gasteiger partial charge in [0, 0.05) is 18.9 Å². The van der Waals surface area contributed by atoms with Crippen LogP contribution in [0.2, 0.25) is 0 Å². The number of carbonyl (C=O) groups excluding carboxylic acids is 2. The number of carbonyl (C=O) groups is 2. The van der Waals surface area contributed by atoms with Crippen LogP contribution < -0.4 is 0 Å². The third-order valence-electron chi connectivity index (χ3n) is 4.49. The van der Waals surface area contributed by atoms with Gasteiger partial charge in [-0.25, -0.2) is 9.78 Å². The van der Waals surface area contributed by atoms with Gasteiger partial charge < -0.3 is 14.0 Å². The van der Waals surface area contributed by atoms with E-state index < -0.39 is 5.97 Å². The number of pyridine rings is 1. The van der Waals surface area contributed by atoms with E-state index in [0.29, 0.717) is 5.65 Å². The molecule has 0 radical (unpaired) electrons. The minimum atomic E-state index is -0.609. The number of hydrogen-bond acceptors (Lipinski definition) is 4. The number of esters is 1. The summed E-state index contributed by atoms with van der Waals surface area (Å²) in [6, 6.07) is 15.2. The average Bonchev–Trinajstić information content (AvgIpc) is 3.11. The summed E-state index contributed by atoms with van der Waals surface area (Å²) in [6.45, 7) is 3.53. The van der Waals surface area contributed by atoms with Crippen LogP contribution in [0.1, 0.15) is 34.7 Å². The van der Waals surface area contributed by atoms with Crippen LogP contribution in [0.4, 0.5) is 0 Å². The minimum Gasteiger partial charge on any atom is -0.451 e. The zero-order valence-corrected chi connectivity index (χ0v) is 15.0. The fraction of sp³-hybridized carbons (Fsp3) is 0.250. The van der Waals surface area contributed by atoms with Gasteiger partial charge in [0.05, 0.1) is 6.04 Å². The number of ether oxygens (including phenoxy) is 1. The summed E-state index contributed by atoms with van der Waals surface area (Å²) in [5.41, 5.74) is 2.83. The highest BCUT2D eigenvalue weighted by Crippen LogP contribution is 2.18. The lowest BCUT2D eigenvalue weighted by molar-refractivity contribution is -0.135. The van der Waals surface area contributed by atoms with Crippen LogP contribution in [0.25, 0.3) is 5.65 Å². The monoisotopic (exact) mass is 351 g/mol. The van der Waals surface area contributed by atoms with Crippen LogP contribution in [-0.2, 0) is 9.53 Å². The Balaban J connectivity index is 1.63. The van der Waals surface area contributed by atoms with Crippen LogP contribution in [-0.4, -0.2) is 39.8 Å². The molecule has 0 unspecified atom stereocenters. The normalized spacial score (nSPS) is 12.0. The summed E-state index contributed by atoms with van der Waals surface area (Å²) in [7, 11) is 1.70. The lowest BCUT2D eigenvalue weighted by Crippen LogP contribution is -2.33. The summed E-state index contributed by atoms with van der Waals surface area (Å²) >= 11 is 0. The van der Waals surface area contributed by atoms with Gasteiger partial charge in [-0.1, -0.05) is 36.4 Å². The molecular formula is C20H21N3O3. The highest BCUT2D eigenvalue weighted by atomic mass is 16.5. The van der Waals surface area contributed by atoms with E-state index in [1.54, 1.807) is 18.1 Å². The molecule has 0 aliphatic carbocycles. The second-order valence-electron chi connectivity index (χ2n) is 6.19. The van der Waals surface area contributed by atoms with Gasteiger partial charge in [-0.15, -0.1) is 0 Å². The van der Waals surface area contributed by atoms with Crippen molar-refractivity contribution in [3.8, 4) is 0 Å². The van der Waals surface area contributed by atoms with Gasteiger partial charge in [-0.05, 0) is 31.5 Å². The number of rotatable bonds is 5. The van der Waals surface area contributed by atoms with E-state index in [4.69, 9.17) is 4.74 Å². The highest BCUT2D eigenvalue weighted by Gasteiger charge is 2.20. The molecule has 6 heteroatoms.